The van der Waals surface area contributed by atoms with Crippen LogP contribution in [0.25, 0.3) is 0 Å². The summed E-state index contributed by atoms with van der Waals surface area (Å²) in [6.45, 7) is 3.01. The summed E-state index contributed by atoms with van der Waals surface area (Å²) in [5.74, 6) is 0.939. The van der Waals surface area contributed by atoms with Crippen molar-refractivity contribution in [2.75, 3.05) is 13.7 Å². The Morgan fingerprint density at radius 3 is 2.33 bits per heavy atom. The summed E-state index contributed by atoms with van der Waals surface area (Å²) in [7, 11) is 2.13. The third-order valence-corrected chi connectivity index (χ3v) is 5.16. The fraction of sp³-hybridized carbons (Fsp3) is 1.00. The molecular formula is C16H31NO. The van der Waals surface area contributed by atoms with Crippen molar-refractivity contribution < 1.29 is 4.74 Å². The first-order valence-corrected chi connectivity index (χ1v) is 8.12. The van der Waals surface area contributed by atoms with Crippen LogP contribution in [0.3, 0.4) is 0 Å². The number of hydrogen-bond acceptors (Lipinski definition) is 2. The van der Waals surface area contributed by atoms with E-state index < -0.39 is 0 Å². The Balaban J connectivity index is 1.96. The second-order valence-corrected chi connectivity index (χ2v) is 6.29. The summed E-state index contributed by atoms with van der Waals surface area (Å²) in [6.07, 6.45) is 13.8. The molecule has 0 aromatic carbocycles. The Labute approximate surface area is 113 Å². The predicted octanol–water partition coefficient (Wildman–Crippen LogP) is 3.89. The maximum atomic E-state index is 6.22. The summed E-state index contributed by atoms with van der Waals surface area (Å²) in [4.78, 5) is 0. The van der Waals surface area contributed by atoms with E-state index in [1.165, 1.54) is 64.2 Å². The molecule has 106 valence electrons. The highest BCUT2D eigenvalue weighted by atomic mass is 16.5. The van der Waals surface area contributed by atoms with E-state index in [4.69, 9.17) is 4.74 Å². The van der Waals surface area contributed by atoms with Crippen LogP contribution in [0.2, 0.25) is 0 Å². The predicted molar refractivity (Wildman–Crippen MR) is 76.9 cm³/mol. The van der Waals surface area contributed by atoms with Crippen LogP contribution in [-0.4, -0.2) is 25.3 Å². The molecule has 1 N–H and O–H groups in total. The van der Waals surface area contributed by atoms with Crippen LogP contribution in [0.1, 0.15) is 71.1 Å². The summed E-state index contributed by atoms with van der Waals surface area (Å²) in [6, 6.07) is 0.572. The van der Waals surface area contributed by atoms with Gasteiger partial charge < -0.3 is 10.1 Å². The van der Waals surface area contributed by atoms with Crippen molar-refractivity contribution in [3.05, 3.63) is 0 Å². The van der Waals surface area contributed by atoms with Crippen LogP contribution in [-0.2, 0) is 4.74 Å². The van der Waals surface area contributed by atoms with Gasteiger partial charge in [-0.05, 0) is 39.2 Å². The number of rotatable bonds is 6. The Hall–Kier alpha value is -0.0800. The van der Waals surface area contributed by atoms with E-state index in [2.05, 4.69) is 19.3 Å². The minimum Gasteiger partial charge on any atom is -0.374 e. The SMILES string of the molecule is CCOC1(C(CC2CCCCC2)NC)CCCC1. The molecule has 0 heterocycles. The van der Waals surface area contributed by atoms with Crippen molar-refractivity contribution in [2.24, 2.45) is 5.92 Å². The monoisotopic (exact) mass is 253 g/mol. The first kappa shape index (κ1) is 14.3. The van der Waals surface area contributed by atoms with E-state index in [1.807, 2.05) is 0 Å². The van der Waals surface area contributed by atoms with Gasteiger partial charge in [0.15, 0.2) is 0 Å². The topological polar surface area (TPSA) is 21.3 Å². The van der Waals surface area contributed by atoms with Gasteiger partial charge in [0.25, 0.3) is 0 Å². The average Bonchev–Trinajstić information content (AvgIpc) is 2.87. The molecule has 2 nitrogen and oxygen atoms in total. The largest absolute Gasteiger partial charge is 0.374 e. The van der Waals surface area contributed by atoms with Gasteiger partial charge in [0, 0.05) is 12.6 Å². The van der Waals surface area contributed by atoms with Crippen molar-refractivity contribution in [2.45, 2.75) is 82.8 Å². The summed E-state index contributed by atoms with van der Waals surface area (Å²) in [5.41, 5.74) is 0.154. The quantitative estimate of drug-likeness (QED) is 0.775. The lowest BCUT2D eigenvalue weighted by Crippen LogP contribution is -2.50. The average molecular weight is 253 g/mol. The van der Waals surface area contributed by atoms with Crippen LogP contribution in [0.15, 0.2) is 0 Å². The van der Waals surface area contributed by atoms with Crippen LogP contribution in [0.4, 0.5) is 0 Å². The Bertz CT molecular complexity index is 229. The Kier molecular flexibility index (Phi) is 5.50. The normalized spacial score (nSPS) is 26.3. The van der Waals surface area contributed by atoms with E-state index in [0.717, 1.165) is 12.5 Å². The van der Waals surface area contributed by atoms with Crippen molar-refractivity contribution in [3.8, 4) is 0 Å². The zero-order valence-corrected chi connectivity index (χ0v) is 12.3. The van der Waals surface area contributed by atoms with Crippen molar-refractivity contribution in [1.82, 2.24) is 5.32 Å². The summed E-state index contributed by atoms with van der Waals surface area (Å²) < 4.78 is 6.22. The second kappa shape index (κ2) is 6.91. The molecule has 0 radical (unpaired) electrons. The van der Waals surface area contributed by atoms with Gasteiger partial charge in [-0.2, -0.15) is 0 Å². The standard InChI is InChI=1S/C16H31NO/c1-3-18-16(11-7-8-12-16)15(17-2)13-14-9-5-4-6-10-14/h14-15,17H,3-13H2,1-2H3. The highest BCUT2D eigenvalue weighted by Gasteiger charge is 2.42. The molecule has 2 rings (SSSR count). The molecule has 0 aliphatic heterocycles. The third kappa shape index (κ3) is 3.27. The highest BCUT2D eigenvalue weighted by molar-refractivity contribution is 4.97. The number of ether oxygens (including phenoxy) is 1. The zero-order chi connectivity index (χ0) is 12.8. The van der Waals surface area contributed by atoms with Gasteiger partial charge in [-0.1, -0.05) is 44.9 Å². The highest BCUT2D eigenvalue weighted by Crippen LogP contribution is 2.40. The molecule has 1 unspecified atom stereocenters. The molecular weight excluding hydrogens is 222 g/mol. The molecule has 2 aliphatic rings. The van der Waals surface area contributed by atoms with E-state index in [-0.39, 0.29) is 5.60 Å². The molecule has 2 heteroatoms. The lowest BCUT2D eigenvalue weighted by atomic mass is 9.79. The number of likely N-dealkylation sites (N-methyl/N-ethyl adjacent to an activating group) is 1. The van der Waals surface area contributed by atoms with Gasteiger partial charge >= 0.3 is 0 Å². The minimum absolute atomic E-state index is 0.154. The van der Waals surface area contributed by atoms with E-state index in [1.54, 1.807) is 0 Å². The first-order chi connectivity index (χ1) is 8.80. The van der Waals surface area contributed by atoms with Crippen molar-refractivity contribution in [3.63, 3.8) is 0 Å². The molecule has 2 aliphatic carbocycles. The second-order valence-electron chi connectivity index (χ2n) is 6.29. The molecule has 2 saturated carbocycles. The van der Waals surface area contributed by atoms with Crippen LogP contribution in [0, 0.1) is 5.92 Å². The fourth-order valence-corrected chi connectivity index (χ4v) is 4.21. The van der Waals surface area contributed by atoms with Gasteiger partial charge in [-0.25, -0.2) is 0 Å². The first-order valence-electron chi connectivity index (χ1n) is 8.12. The van der Waals surface area contributed by atoms with Crippen LogP contribution >= 0.6 is 0 Å². The third-order valence-electron chi connectivity index (χ3n) is 5.16. The molecule has 0 bridgehead atoms. The molecule has 18 heavy (non-hydrogen) atoms. The van der Waals surface area contributed by atoms with Gasteiger partial charge in [0.2, 0.25) is 0 Å². The van der Waals surface area contributed by atoms with Gasteiger partial charge in [0.1, 0.15) is 0 Å². The molecule has 0 aromatic rings. The molecule has 0 aromatic heterocycles. The smallest absolute Gasteiger partial charge is 0.0834 e. The van der Waals surface area contributed by atoms with Crippen molar-refractivity contribution >= 4 is 0 Å². The lowest BCUT2D eigenvalue weighted by molar-refractivity contribution is -0.0657. The molecule has 0 amide bonds. The molecule has 1 atom stereocenters. The zero-order valence-electron chi connectivity index (χ0n) is 12.3. The maximum absolute atomic E-state index is 6.22. The maximum Gasteiger partial charge on any atom is 0.0834 e. The van der Waals surface area contributed by atoms with E-state index >= 15 is 0 Å². The minimum atomic E-state index is 0.154. The summed E-state index contributed by atoms with van der Waals surface area (Å²) in [5, 5.41) is 3.59. The number of nitrogens with one attached hydrogen (secondary N) is 1. The van der Waals surface area contributed by atoms with Gasteiger partial charge in [0.05, 0.1) is 5.60 Å². The summed E-state index contributed by atoms with van der Waals surface area (Å²) >= 11 is 0. The molecule has 0 spiro atoms. The van der Waals surface area contributed by atoms with Gasteiger partial charge in [-0.15, -0.1) is 0 Å². The van der Waals surface area contributed by atoms with Crippen molar-refractivity contribution in [1.29, 1.82) is 0 Å². The number of hydrogen-bond donors (Lipinski definition) is 1. The fourth-order valence-electron chi connectivity index (χ4n) is 4.21. The van der Waals surface area contributed by atoms with Crippen LogP contribution in [0.5, 0.6) is 0 Å². The van der Waals surface area contributed by atoms with Gasteiger partial charge in [-0.3, -0.25) is 0 Å². The lowest BCUT2D eigenvalue weighted by Gasteiger charge is -2.39. The molecule has 2 fully saturated rings. The molecule has 0 saturated heterocycles. The van der Waals surface area contributed by atoms with E-state index in [9.17, 15) is 0 Å². The van der Waals surface area contributed by atoms with E-state index in [0.29, 0.717) is 6.04 Å². The van der Waals surface area contributed by atoms with Crippen LogP contribution < -0.4 is 5.32 Å². The Morgan fingerprint density at radius 2 is 1.78 bits per heavy atom. The Morgan fingerprint density at radius 1 is 1.11 bits per heavy atom.